The molecule has 1 heterocycles. The number of terminal acetylenes is 1. The number of nitrogens with zero attached hydrogens (tertiary/aromatic N) is 2. The van der Waals surface area contributed by atoms with Crippen LogP contribution in [0.15, 0.2) is 91.5 Å². The number of allylic oxidation sites excluding steroid dienone is 2. The van der Waals surface area contributed by atoms with Gasteiger partial charge in [0.1, 0.15) is 5.76 Å². The Morgan fingerprint density at radius 2 is 1.57 bits per heavy atom. The maximum absolute atomic E-state index is 8.88. The van der Waals surface area contributed by atoms with Gasteiger partial charge in [-0.15, -0.1) is 26.0 Å². The van der Waals surface area contributed by atoms with Gasteiger partial charge in [-0.3, -0.25) is 10.7 Å². The minimum Gasteiger partial charge on any atom is -0.383 e. The smallest absolute Gasteiger partial charge is 0.127 e. The molecule has 254 valence electrons. The first-order chi connectivity index (χ1) is 22.1. The van der Waals surface area contributed by atoms with E-state index in [2.05, 4.69) is 131 Å². The average molecular weight is 632 g/mol. The molecule has 6 nitrogen and oxygen atoms in total. The Bertz CT molecular complexity index is 1160. The van der Waals surface area contributed by atoms with Crippen LogP contribution < -0.4 is 5.48 Å². The predicted octanol–water partition coefficient (Wildman–Crippen LogP) is 9.14. The van der Waals surface area contributed by atoms with Gasteiger partial charge in [0.2, 0.25) is 0 Å². The molecule has 0 aliphatic carbocycles. The summed E-state index contributed by atoms with van der Waals surface area (Å²) in [6.07, 6.45) is 15.3. The van der Waals surface area contributed by atoms with E-state index in [1.54, 1.807) is 7.11 Å². The molecule has 46 heavy (non-hydrogen) atoms. The number of hydrogen-bond acceptors (Lipinski definition) is 6. The number of piperidine rings is 1. The summed E-state index contributed by atoms with van der Waals surface area (Å²) >= 11 is 0. The van der Waals surface area contributed by atoms with Crippen LogP contribution in [0.4, 0.5) is 0 Å². The van der Waals surface area contributed by atoms with E-state index in [0.717, 1.165) is 93.9 Å². The number of aryl methyl sites for hydroxylation is 2. The summed E-state index contributed by atoms with van der Waals surface area (Å²) in [5, 5.41) is 13.1. The number of benzene rings is 2. The Morgan fingerprint density at radius 3 is 2.09 bits per heavy atom. The van der Waals surface area contributed by atoms with Gasteiger partial charge in [-0.2, -0.15) is 0 Å². The molecule has 1 aliphatic rings. The predicted molar refractivity (Wildman–Crippen MR) is 197 cm³/mol. The quantitative estimate of drug-likeness (QED) is 0.0513. The maximum Gasteiger partial charge on any atom is 0.127 e. The normalized spacial score (nSPS) is 13.9. The second kappa shape index (κ2) is 24.6. The highest BCUT2D eigenvalue weighted by Crippen LogP contribution is 2.35. The van der Waals surface area contributed by atoms with E-state index in [1.165, 1.54) is 16.7 Å². The molecule has 6 heteroatoms. The van der Waals surface area contributed by atoms with Crippen LogP contribution in [0, 0.1) is 31.1 Å². The monoisotopic (exact) mass is 631 g/mol. The third-order valence-corrected chi connectivity index (χ3v) is 8.05. The van der Waals surface area contributed by atoms with Crippen molar-refractivity contribution >= 4 is 5.71 Å². The van der Waals surface area contributed by atoms with E-state index < -0.39 is 0 Å². The number of rotatable bonds is 15. The zero-order valence-electron chi connectivity index (χ0n) is 29.6. The van der Waals surface area contributed by atoms with E-state index in [9.17, 15) is 0 Å². The second-order valence-corrected chi connectivity index (χ2v) is 12.3. The van der Waals surface area contributed by atoms with Gasteiger partial charge in [-0.05, 0) is 88.1 Å². The van der Waals surface area contributed by atoms with Gasteiger partial charge < -0.3 is 14.5 Å². The number of oxime groups is 1. The topological polar surface area (TPSA) is 66.3 Å². The van der Waals surface area contributed by atoms with Gasteiger partial charge in [-0.25, -0.2) is 0 Å². The molecular formula is C40H61N3O3. The maximum atomic E-state index is 8.88. The van der Waals surface area contributed by atoms with Gasteiger partial charge in [-0.1, -0.05) is 93.2 Å². The molecule has 2 aromatic carbocycles. The molecular weight excluding hydrogens is 570 g/mol. The molecule has 1 saturated heterocycles. The van der Waals surface area contributed by atoms with Crippen molar-refractivity contribution < 1.29 is 14.8 Å². The summed E-state index contributed by atoms with van der Waals surface area (Å²) in [7, 11) is 1.73. The van der Waals surface area contributed by atoms with Crippen LogP contribution in [0.25, 0.3) is 0 Å². The second-order valence-electron chi connectivity index (χ2n) is 12.3. The molecule has 0 bridgehead atoms. The molecule has 0 saturated carbocycles. The van der Waals surface area contributed by atoms with Crippen LogP contribution in [0.2, 0.25) is 0 Å². The van der Waals surface area contributed by atoms with Crippen LogP contribution in [0.3, 0.4) is 0 Å². The number of likely N-dealkylation sites (tertiary alicyclic amines) is 1. The average Bonchev–Trinajstić information content (AvgIpc) is 3.08. The van der Waals surface area contributed by atoms with Crippen LogP contribution in [-0.4, -0.2) is 49.2 Å². The van der Waals surface area contributed by atoms with E-state index in [4.69, 9.17) is 14.8 Å². The highest BCUT2D eigenvalue weighted by atomic mass is 16.6. The fraction of sp³-hybridized carbons (Fsp3) is 0.475. The van der Waals surface area contributed by atoms with Crippen molar-refractivity contribution in [1.29, 1.82) is 0 Å². The number of hydroxylamine groups is 1. The first kappa shape index (κ1) is 42.4. The molecule has 3 rings (SSSR count). The van der Waals surface area contributed by atoms with Gasteiger partial charge in [0.05, 0.1) is 12.3 Å². The highest BCUT2D eigenvalue weighted by Gasteiger charge is 2.32. The van der Waals surface area contributed by atoms with Gasteiger partial charge in [0, 0.05) is 31.2 Å². The first-order valence-corrected chi connectivity index (χ1v) is 16.2. The van der Waals surface area contributed by atoms with Crippen LogP contribution in [-0.2, 0) is 22.4 Å². The zero-order chi connectivity index (χ0) is 35.0. The van der Waals surface area contributed by atoms with E-state index in [1.807, 2.05) is 6.92 Å². The lowest BCUT2D eigenvalue weighted by Gasteiger charge is -2.40. The van der Waals surface area contributed by atoms with Gasteiger partial charge in [0.25, 0.3) is 0 Å². The Morgan fingerprint density at radius 1 is 1.00 bits per heavy atom. The summed E-state index contributed by atoms with van der Waals surface area (Å²) in [5.74, 6) is 1.40. The van der Waals surface area contributed by atoms with Crippen molar-refractivity contribution in [1.82, 2.24) is 10.4 Å². The lowest BCUT2D eigenvalue weighted by Crippen LogP contribution is -2.42. The Hall–Kier alpha value is -3.63. The van der Waals surface area contributed by atoms with Crippen molar-refractivity contribution in [2.75, 3.05) is 33.4 Å². The Balaban J connectivity index is 0.000000901. The molecule has 0 amide bonds. The largest absolute Gasteiger partial charge is 0.383 e. The number of nitrogens with one attached hydrogen (secondary N) is 1. The van der Waals surface area contributed by atoms with Crippen molar-refractivity contribution in [3.63, 3.8) is 0 Å². The van der Waals surface area contributed by atoms with Crippen LogP contribution in [0.5, 0.6) is 0 Å². The van der Waals surface area contributed by atoms with Crippen LogP contribution in [0.1, 0.15) is 82.1 Å². The third-order valence-electron chi connectivity index (χ3n) is 8.05. The molecule has 1 fully saturated rings. The number of unbranched alkanes of at least 4 members (excludes halogenated alkanes) is 1. The number of ether oxygens (including phenoxy) is 1. The molecule has 1 aliphatic heterocycles. The SMILES string of the molecule is C#C.C=C.C=C(CCCCc1ccc(C)cc1)O/N=C(\C)c1ccc(CC(C)C)cc1.C=C(NO)C1(C)CCN(CCOC)CC1. The van der Waals surface area contributed by atoms with Crippen molar-refractivity contribution in [3.8, 4) is 12.8 Å². The molecule has 0 spiro atoms. The van der Waals surface area contributed by atoms with E-state index >= 15 is 0 Å². The minimum atomic E-state index is 0.0261. The summed E-state index contributed by atoms with van der Waals surface area (Å²) in [5.41, 5.74) is 8.99. The number of hydrogen-bond donors (Lipinski definition) is 2. The number of methoxy groups -OCH3 is 1. The molecule has 0 atom stereocenters. The standard InChI is InChI=1S/C25H33NO.C11H22N2O2.C2H4.C2H2/c1-19(2)18-24-14-16-25(17-15-24)22(5)26-27-21(4)8-6-7-9-23-12-10-20(3)11-13-23;1-10(12-14)11(2)4-6-13(7-5-11)8-9-15-3;2*1-2/h10-17,19H,4,6-9,18H2,1-3,5H3;12,14H,1,4-9H2,2-3H3;1-2H2;1-2H/b26-22+;;;. The highest BCUT2D eigenvalue weighted by molar-refractivity contribution is 5.98. The molecule has 2 aromatic rings. The lowest BCUT2D eigenvalue weighted by atomic mass is 9.78. The zero-order valence-corrected chi connectivity index (χ0v) is 29.6. The Kier molecular flexibility index (Phi) is 22.6. The van der Waals surface area contributed by atoms with Gasteiger partial charge in [0.15, 0.2) is 0 Å². The lowest BCUT2D eigenvalue weighted by molar-refractivity contribution is 0.0826. The van der Waals surface area contributed by atoms with Gasteiger partial charge >= 0.3 is 0 Å². The summed E-state index contributed by atoms with van der Waals surface area (Å²) in [4.78, 5) is 7.90. The fourth-order valence-corrected chi connectivity index (χ4v) is 4.92. The molecule has 0 unspecified atom stereocenters. The molecule has 0 radical (unpaired) electrons. The van der Waals surface area contributed by atoms with Crippen LogP contribution >= 0.6 is 0 Å². The molecule has 0 aromatic heterocycles. The van der Waals surface area contributed by atoms with Crippen molar-refractivity contribution in [2.45, 2.75) is 79.6 Å². The first-order valence-electron chi connectivity index (χ1n) is 16.2. The third kappa shape index (κ3) is 17.2. The summed E-state index contributed by atoms with van der Waals surface area (Å²) in [6, 6.07) is 17.3. The fourth-order valence-electron chi connectivity index (χ4n) is 4.92. The molecule has 2 N–H and O–H groups in total. The minimum absolute atomic E-state index is 0.0261. The van der Waals surface area contributed by atoms with E-state index in [-0.39, 0.29) is 5.41 Å². The van der Waals surface area contributed by atoms with E-state index in [0.29, 0.717) is 5.92 Å². The van der Waals surface area contributed by atoms with Crippen molar-refractivity contribution in [2.24, 2.45) is 16.5 Å². The summed E-state index contributed by atoms with van der Waals surface area (Å²) < 4.78 is 5.05. The summed E-state index contributed by atoms with van der Waals surface area (Å²) in [6.45, 7) is 28.4. The Labute approximate surface area is 281 Å². The van der Waals surface area contributed by atoms with Crippen molar-refractivity contribution in [3.05, 3.63) is 109 Å².